The fraction of sp³-hybridized carbons (Fsp3) is 0. The molecular weight excluding hydrogens is 701 g/mol. The number of hydrogen-bond acceptors (Lipinski definition) is 4. The van der Waals surface area contributed by atoms with Crippen LogP contribution in [0.25, 0.3) is 104 Å². The lowest BCUT2D eigenvalue weighted by Crippen LogP contribution is -2.00. The van der Waals surface area contributed by atoms with Crippen LogP contribution in [0, 0.1) is 0 Å². The predicted octanol–water partition coefficient (Wildman–Crippen LogP) is 13.7. The molecule has 0 radical (unpaired) electrons. The van der Waals surface area contributed by atoms with Gasteiger partial charge in [0.05, 0.1) is 15.7 Å². The maximum Gasteiger partial charge on any atom is 0.164 e. The standard InChI is InChI=1S/C51H32N4S/c1-4-15-33(16-5-1)37-29-38(31-39(30-37)51-53-49(34-17-6-2-7-18-34)52-50(54-51)35-19-8-3-9-20-35)36-21-14-22-40(32-36)55-45-25-12-10-23-41(45)43-27-28-44-42-24-11-13-26-46(42)56-48(44)47(43)55/h1-32H. The largest absolute Gasteiger partial charge is 0.308 e. The molecule has 3 heterocycles. The molecular formula is C51H32N4S. The van der Waals surface area contributed by atoms with E-state index in [2.05, 4.69) is 138 Å². The van der Waals surface area contributed by atoms with Crippen LogP contribution in [0.4, 0.5) is 0 Å². The van der Waals surface area contributed by atoms with E-state index >= 15 is 0 Å². The van der Waals surface area contributed by atoms with Gasteiger partial charge < -0.3 is 4.57 Å². The molecule has 262 valence electrons. The minimum Gasteiger partial charge on any atom is -0.308 e. The summed E-state index contributed by atoms with van der Waals surface area (Å²) in [6, 6.07) is 68.6. The molecule has 0 N–H and O–H groups in total. The van der Waals surface area contributed by atoms with Crippen LogP contribution in [0.15, 0.2) is 194 Å². The van der Waals surface area contributed by atoms with E-state index in [1.54, 1.807) is 0 Å². The Morgan fingerprint density at radius 2 is 0.857 bits per heavy atom. The minimum atomic E-state index is 0.627. The number of thiophene rings is 1. The summed E-state index contributed by atoms with van der Waals surface area (Å²) >= 11 is 1.87. The Kier molecular flexibility index (Phi) is 7.64. The summed E-state index contributed by atoms with van der Waals surface area (Å²) in [5, 5.41) is 5.10. The summed E-state index contributed by atoms with van der Waals surface area (Å²) in [4.78, 5) is 15.2. The van der Waals surface area contributed by atoms with Gasteiger partial charge in [0.25, 0.3) is 0 Å². The lowest BCUT2D eigenvalue weighted by Gasteiger charge is -2.14. The van der Waals surface area contributed by atoms with E-state index in [1.807, 2.05) is 72.0 Å². The number of nitrogens with zero attached hydrogens (tertiary/aromatic N) is 4. The molecule has 0 saturated carbocycles. The summed E-state index contributed by atoms with van der Waals surface area (Å²) in [5.74, 6) is 1.91. The van der Waals surface area contributed by atoms with Crippen LogP contribution in [0.1, 0.15) is 0 Å². The third-order valence-electron chi connectivity index (χ3n) is 10.6. The van der Waals surface area contributed by atoms with Gasteiger partial charge in [0.15, 0.2) is 17.5 Å². The molecule has 11 rings (SSSR count). The molecule has 5 heteroatoms. The number of para-hydroxylation sites is 1. The van der Waals surface area contributed by atoms with Gasteiger partial charge in [-0.1, -0.05) is 152 Å². The summed E-state index contributed by atoms with van der Waals surface area (Å²) < 4.78 is 5.06. The molecule has 0 fully saturated rings. The third kappa shape index (κ3) is 5.48. The maximum atomic E-state index is 5.12. The van der Waals surface area contributed by atoms with Crippen LogP contribution in [0.5, 0.6) is 0 Å². The highest BCUT2D eigenvalue weighted by atomic mass is 32.1. The second-order valence-corrected chi connectivity index (χ2v) is 15.1. The van der Waals surface area contributed by atoms with Gasteiger partial charge in [-0.05, 0) is 64.7 Å². The molecule has 0 amide bonds. The van der Waals surface area contributed by atoms with Crippen molar-refractivity contribution in [2.24, 2.45) is 0 Å². The highest BCUT2D eigenvalue weighted by Gasteiger charge is 2.19. The fourth-order valence-corrected chi connectivity index (χ4v) is 9.22. The Morgan fingerprint density at radius 1 is 0.339 bits per heavy atom. The Labute approximate surface area is 327 Å². The van der Waals surface area contributed by atoms with Crippen LogP contribution < -0.4 is 0 Å². The van der Waals surface area contributed by atoms with E-state index in [0.717, 1.165) is 44.6 Å². The summed E-state index contributed by atoms with van der Waals surface area (Å²) in [7, 11) is 0. The molecule has 0 atom stereocenters. The van der Waals surface area contributed by atoms with Gasteiger partial charge in [0, 0.05) is 48.6 Å². The zero-order chi connectivity index (χ0) is 37.0. The average Bonchev–Trinajstić information content (AvgIpc) is 3.83. The van der Waals surface area contributed by atoms with Gasteiger partial charge in [-0.3, -0.25) is 0 Å². The monoisotopic (exact) mass is 732 g/mol. The van der Waals surface area contributed by atoms with Crippen molar-refractivity contribution >= 4 is 53.3 Å². The maximum absolute atomic E-state index is 5.12. The molecule has 0 bridgehead atoms. The Hall–Kier alpha value is -7.21. The molecule has 4 nitrogen and oxygen atoms in total. The van der Waals surface area contributed by atoms with Crippen LogP contribution in [-0.4, -0.2) is 19.5 Å². The van der Waals surface area contributed by atoms with E-state index in [-0.39, 0.29) is 0 Å². The van der Waals surface area contributed by atoms with Crippen molar-refractivity contribution in [2.75, 3.05) is 0 Å². The quantitative estimate of drug-likeness (QED) is 0.171. The highest BCUT2D eigenvalue weighted by Crippen LogP contribution is 2.43. The fourth-order valence-electron chi connectivity index (χ4n) is 7.98. The smallest absolute Gasteiger partial charge is 0.164 e. The van der Waals surface area contributed by atoms with E-state index in [4.69, 9.17) is 15.0 Å². The van der Waals surface area contributed by atoms with Crippen LogP contribution in [0.3, 0.4) is 0 Å². The minimum absolute atomic E-state index is 0.627. The molecule has 11 aromatic rings. The molecule has 8 aromatic carbocycles. The summed E-state index contributed by atoms with van der Waals surface area (Å²) in [6.45, 7) is 0. The number of benzene rings is 8. The van der Waals surface area contributed by atoms with Crippen LogP contribution in [0.2, 0.25) is 0 Å². The lowest BCUT2D eigenvalue weighted by atomic mass is 9.95. The van der Waals surface area contributed by atoms with Crippen LogP contribution in [-0.2, 0) is 0 Å². The first-order chi connectivity index (χ1) is 27.7. The van der Waals surface area contributed by atoms with Crippen LogP contribution >= 0.6 is 11.3 Å². The van der Waals surface area contributed by atoms with Crippen molar-refractivity contribution in [1.82, 2.24) is 19.5 Å². The zero-order valence-electron chi connectivity index (χ0n) is 30.2. The number of aromatic nitrogens is 4. The third-order valence-corrected chi connectivity index (χ3v) is 11.8. The Morgan fingerprint density at radius 3 is 1.55 bits per heavy atom. The van der Waals surface area contributed by atoms with Gasteiger partial charge in [0.2, 0.25) is 0 Å². The predicted molar refractivity (Wildman–Crippen MR) is 234 cm³/mol. The van der Waals surface area contributed by atoms with Crippen molar-refractivity contribution < 1.29 is 0 Å². The average molecular weight is 733 g/mol. The van der Waals surface area contributed by atoms with Crippen molar-refractivity contribution in [3.8, 4) is 62.1 Å². The van der Waals surface area contributed by atoms with Crippen molar-refractivity contribution in [1.29, 1.82) is 0 Å². The Balaban J connectivity index is 1.13. The lowest BCUT2D eigenvalue weighted by molar-refractivity contribution is 1.07. The molecule has 0 aliphatic carbocycles. The molecule has 3 aromatic heterocycles. The number of fused-ring (bicyclic) bond motifs is 7. The first kappa shape index (κ1) is 32.2. The van der Waals surface area contributed by atoms with E-state index < -0.39 is 0 Å². The molecule has 0 spiro atoms. The van der Waals surface area contributed by atoms with E-state index in [0.29, 0.717) is 17.5 Å². The molecule has 0 saturated heterocycles. The van der Waals surface area contributed by atoms with Gasteiger partial charge in [-0.25, -0.2) is 15.0 Å². The van der Waals surface area contributed by atoms with Gasteiger partial charge >= 0.3 is 0 Å². The normalized spacial score (nSPS) is 11.6. The van der Waals surface area contributed by atoms with Gasteiger partial charge in [-0.2, -0.15) is 0 Å². The summed E-state index contributed by atoms with van der Waals surface area (Å²) in [5.41, 5.74) is 10.8. The zero-order valence-corrected chi connectivity index (χ0v) is 31.0. The second-order valence-electron chi connectivity index (χ2n) is 14.0. The SMILES string of the molecule is c1ccc(-c2cc(-c3cccc(-n4c5ccccc5c5ccc6c7ccccc7sc6c54)c3)cc(-c3nc(-c4ccccc4)nc(-c4ccccc4)n3)c2)cc1. The molecule has 0 aliphatic heterocycles. The van der Waals surface area contributed by atoms with Crippen molar-refractivity contribution in [2.45, 2.75) is 0 Å². The van der Waals surface area contributed by atoms with Gasteiger partial charge in [-0.15, -0.1) is 11.3 Å². The molecule has 0 unspecified atom stereocenters. The topological polar surface area (TPSA) is 43.6 Å². The molecule has 0 aliphatic rings. The van der Waals surface area contributed by atoms with E-state index in [1.165, 1.54) is 42.0 Å². The second kappa shape index (κ2) is 13.3. The first-order valence-electron chi connectivity index (χ1n) is 18.8. The van der Waals surface area contributed by atoms with E-state index in [9.17, 15) is 0 Å². The van der Waals surface area contributed by atoms with Crippen molar-refractivity contribution in [3.05, 3.63) is 194 Å². The Bertz CT molecular complexity index is 3180. The van der Waals surface area contributed by atoms with Crippen molar-refractivity contribution in [3.63, 3.8) is 0 Å². The number of hydrogen-bond donors (Lipinski definition) is 0. The molecule has 56 heavy (non-hydrogen) atoms. The first-order valence-corrected chi connectivity index (χ1v) is 19.6. The highest BCUT2D eigenvalue weighted by molar-refractivity contribution is 7.26. The summed E-state index contributed by atoms with van der Waals surface area (Å²) in [6.07, 6.45) is 0. The number of rotatable bonds is 6. The van der Waals surface area contributed by atoms with Gasteiger partial charge in [0.1, 0.15) is 0 Å².